The maximum atomic E-state index is 12.5. The quantitative estimate of drug-likeness (QED) is 0.785. The minimum Gasteiger partial charge on any atom is -0.447 e. The zero-order valence-electron chi connectivity index (χ0n) is 11.2. The lowest BCUT2D eigenvalue weighted by Gasteiger charge is -2.34. The Labute approximate surface area is 122 Å². The molecule has 120 valence electrons. The number of nitrogens with one attached hydrogen (secondary N) is 1. The fourth-order valence-electron chi connectivity index (χ4n) is 1.95. The molecule has 1 saturated heterocycles. The Hall–Kier alpha value is -0.730. The Morgan fingerprint density at radius 3 is 2.40 bits per heavy atom. The van der Waals surface area contributed by atoms with Crippen molar-refractivity contribution in [1.29, 1.82) is 0 Å². The number of hydrogen-bond acceptors (Lipinski definition) is 4. The number of hydrogen-bond donors (Lipinski definition) is 1. The first-order valence-electron chi connectivity index (χ1n) is 6.14. The summed E-state index contributed by atoms with van der Waals surface area (Å²) in [6.07, 6.45) is -4.36. The van der Waals surface area contributed by atoms with Crippen molar-refractivity contribution in [3.05, 3.63) is 0 Å². The minimum atomic E-state index is -4.43. The normalized spacial score (nSPS) is 16.4. The van der Waals surface area contributed by atoms with Gasteiger partial charge < -0.3 is 14.8 Å². The van der Waals surface area contributed by atoms with Crippen LogP contribution in [0.3, 0.4) is 0 Å². The highest BCUT2D eigenvalue weighted by Crippen LogP contribution is 2.22. The molecule has 1 N–H and O–H groups in total. The van der Waals surface area contributed by atoms with Crippen LogP contribution in [0.4, 0.5) is 18.0 Å². The lowest BCUT2D eigenvalue weighted by molar-refractivity contribution is -0.148. The lowest BCUT2D eigenvalue weighted by Crippen LogP contribution is -2.50. The molecule has 20 heavy (non-hydrogen) atoms. The van der Waals surface area contributed by atoms with Crippen LogP contribution in [0.2, 0.25) is 0 Å². The highest BCUT2D eigenvalue weighted by Gasteiger charge is 2.37. The fraction of sp³-hybridized carbons (Fsp3) is 0.909. The average molecular weight is 321 g/mol. The van der Waals surface area contributed by atoms with Gasteiger partial charge in [-0.05, 0) is 25.9 Å². The van der Waals surface area contributed by atoms with E-state index in [9.17, 15) is 18.0 Å². The molecule has 0 unspecified atom stereocenters. The molecule has 1 rings (SSSR count). The molecule has 0 aromatic heterocycles. The molecule has 0 aliphatic carbocycles. The third-order valence-corrected chi connectivity index (χ3v) is 2.85. The molecule has 9 heteroatoms. The van der Waals surface area contributed by atoms with E-state index < -0.39 is 24.9 Å². The Morgan fingerprint density at radius 2 is 1.90 bits per heavy atom. The van der Waals surface area contributed by atoms with Gasteiger partial charge in [-0.1, -0.05) is 0 Å². The number of ether oxygens (including phenoxy) is 2. The van der Waals surface area contributed by atoms with E-state index in [0.717, 1.165) is 4.90 Å². The molecular weight excluding hydrogens is 301 g/mol. The highest BCUT2D eigenvalue weighted by atomic mass is 35.5. The van der Waals surface area contributed by atoms with Gasteiger partial charge in [0.05, 0.1) is 6.61 Å². The predicted molar refractivity (Wildman–Crippen MR) is 69.1 cm³/mol. The number of nitrogens with zero attached hydrogens (tertiary/aromatic N) is 1. The van der Waals surface area contributed by atoms with Crippen LogP contribution >= 0.6 is 12.4 Å². The Bertz CT molecular complexity index is 287. The molecule has 0 atom stereocenters. The number of carbonyl (C=O) groups is 1. The van der Waals surface area contributed by atoms with Crippen LogP contribution in [0.25, 0.3) is 0 Å². The summed E-state index contributed by atoms with van der Waals surface area (Å²) < 4.78 is 47.0. The molecule has 0 bridgehead atoms. The Kier molecular flexibility index (Phi) is 8.91. The third-order valence-electron chi connectivity index (χ3n) is 2.85. The van der Waals surface area contributed by atoms with Gasteiger partial charge in [0.1, 0.15) is 13.2 Å². The zero-order chi connectivity index (χ0) is 14.3. The van der Waals surface area contributed by atoms with Crippen LogP contribution < -0.4 is 5.32 Å². The van der Waals surface area contributed by atoms with E-state index in [0.29, 0.717) is 25.9 Å². The van der Waals surface area contributed by atoms with Crippen molar-refractivity contribution in [3.63, 3.8) is 0 Å². The second-order valence-corrected chi connectivity index (χ2v) is 4.33. The van der Waals surface area contributed by atoms with Gasteiger partial charge in [0.25, 0.3) is 0 Å². The maximum Gasteiger partial charge on any atom is 0.410 e. The summed E-state index contributed by atoms with van der Waals surface area (Å²) in [6.45, 7) is 0.0463. The molecule has 0 aromatic carbocycles. The average Bonchev–Trinajstić information content (AvgIpc) is 2.36. The van der Waals surface area contributed by atoms with E-state index in [2.05, 4.69) is 5.32 Å². The monoisotopic (exact) mass is 320 g/mol. The van der Waals surface area contributed by atoms with Crippen LogP contribution in [-0.2, 0) is 9.47 Å². The summed E-state index contributed by atoms with van der Waals surface area (Å²) in [5.74, 6) is 0. The van der Waals surface area contributed by atoms with Crippen molar-refractivity contribution in [1.82, 2.24) is 10.2 Å². The summed E-state index contributed by atoms with van der Waals surface area (Å²) in [6, 6.07) is -0.432. The van der Waals surface area contributed by atoms with Gasteiger partial charge in [-0.25, -0.2) is 4.79 Å². The molecule has 0 radical (unpaired) electrons. The molecular formula is C11H20ClF3N2O3. The molecule has 1 aliphatic heterocycles. The molecule has 5 nitrogen and oxygen atoms in total. The smallest absolute Gasteiger partial charge is 0.410 e. The number of halogens is 4. The standard InChI is InChI=1S/C11H19F3N2O3.ClH/c1-18-6-7-19-10(17)16(8-11(12,13)14)9-2-4-15-5-3-9;/h9,15H,2-8H2,1H3;1H. The number of piperidine rings is 1. The summed E-state index contributed by atoms with van der Waals surface area (Å²) in [7, 11) is 1.42. The fourth-order valence-corrected chi connectivity index (χ4v) is 1.95. The first-order valence-corrected chi connectivity index (χ1v) is 6.14. The second kappa shape index (κ2) is 9.25. The topological polar surface area (TPSA) is 50.8 Å². The van der Waals surface area contributed by atoms with Gasteiger partial charge >= 0.3 is 12.3 Å². The van der Waals surface area contributed by atoms with Gasteiger partial charge in [0.15, 0.2) is 0 Å². The SMILES string of the molecule is COCCOC(=O)N(CC(F)(F)F)C1CCNCC1.Cl. The van der Waals surface area contributed by atoms with Crippen LogP contribution in [0.5, 0.6) is 0 Å². The number of methoxy groups -OCH3 is 1. The third kappa shape index (κ3) is 7.16. The van der Waals surface area contributed by atoms with Crippen molar-refractivity contribution < 1.29 is 27.4 Å². The van der Waals surface area contributed by atoms with Gasteiger partial charge in [-0.2, -0.15) is 13.2 Å². The highest BCUT2D eigenvalue weighted by molar-refractivity contribution is 5.85. The van der Waals surface area contributed by atoms with E-state index in [1.54, 1.807) is 0 Å². The summed E-state index contributed by atoms with van der Waals surface area (Å²) >= 11 is 0. The first-order chi connectivity index (χ1) is 8.94. The van der Waals surface area contributed by atoms with Crippen LogP contribution in [-0.4, -0.2) is 63.2 Å². The van der Waals surface area contributed by atoms with E-state index in [-0.39, 0.29) is 25.6 Å². The van der Waals surface area contributed by atoms with Crippen molar-refractivity contribution in [2.75, 3.05) is 40.0 Å². The molecule has 0 spiro atoms. The number of alkyl halides is 3. The zero-order valence-corrected chi connectivity index (χ0v) is 12.1. The van der Waals surface area contributed by atoms with Crippen LogP contribution in [0, 0.1) is 0 Å². The molecule has 1 fully saturated rings. The molecule has 0 saturated carbocycles. The van der Waals surface area contributed by atoms with Crippen molar-refractivity contribution >= 4 is 18.5 Å². The largest absolute Gasteiger partial charge is 0.447 e. The van der Waals surface area contributed by atoms with E-state index >= 15 is 0 Å². The molecule has 1 aliphatic rings. The predicted octanol–water partition coefficient (Wildman–Crippen LogP) is 1.81. The number of carbonyl (C=O) groups excluding carboxylic acids is 1. The summed E-state index contributed by atoms with van der Waals surface area (Å²) in [5, 5.41) is 3.04. The van der Waals surface area contributed by atoms with Crippen LogP contribution in [0.1, 0.15) is 12.8 Å². The number of amides is 1. The minimum absolute atomic E-state index is 0. The van der Waals surface area contributed by atoms with Gasteiger partial charge in [-0.3, -0.25) is 4.90 Å². The van der Waals surface area contributed by atoms with Gasteiger partial charge in [0, 0.05) is 13.2 Å². The molecule has 1 heterocycles. The maximum absolute atomic E-state index is 12.5. The summed E-state index contributed by atoms with van der Waals surface area (Å²) in [5.41, 5.74) is 0. The van der Waals surface area contributed by atoms with Crippen LogP contribution in [0.15, 0.2) is 0 Å². The van der Waals surface area contributed by atoms with E-state index in [1.807, 2.05) is 0 Å². The van der Waals surface area contributed by atoms with Gasteiger partial charge in [-0.15, -0.1) is 12.4 Å². The molecule has 1 amide bonds. The Balaban J connectivity index is 0.00000361. The Morgan fingerprint density at radius 1 is 1.30 bits per heavy atom. The molecule has 0 aromatic rings. The van der Waals surface area contributed by atoms with Crippen molar-refractivity contribution in [2.24, 2.45) is 0 Å². The van der Waals surface area contributed by atoms with Crippen molar-refractivity contribution in [3.8, 4) is 0 Å². The van der Waals surface area contributed by atoms with E-state index in [4.69, 9.17) is 9.47 Å². The number of rotatable bonds is 5. The lowest BCUT2D eigenvalue weighted by atomic mass is 10.1. The van der Waals surface area contributed by atoms with E-state index in [1.165, 1.54) is 7.11 Å². The van der Waals surface area contributed by atoms with Crippen molar-refractivity contribution in [2.45, 2.75) is 25.1 Å². The first kappa shape index (κ1) is 19.3. The second-order valence-electron chi connectivity index (χ2n) is 4.33. The van der Waals surface area contributed by atoms with Gasteiger partial charge in [0.2, 0.25) is 0 Å². The summed E-state index contributed by atoms with van der Waals surface area (Å²) in [4.78, 5) is 12.5.